The Hall–Kier alpha value is -3.73. The van der Waals surface area contributed by atoms with Gasteiger partial charge < -0.3 is 29.5 Å². The number of morpholine rings is 1. The molecule has 11 heteroatoms. The van der Waals surface area contributed by atoms with Crippen molar-refractivity contribution in [2.24, 2.45) is 0 Å². The minimum absolute atomic E-state index is 0.247. The van der Waals surface area contributed by atoms with Crippen LogP contribution in [-0.4, -0.2) is 98.1 Å². The van der Waals surface area contributed by atoms with Gasteiger partial charge in [0.2, 0.25) is 0 Å². The summed E-state index contributed by atoms with van der Waals surface area (Å²) in [5.41, 5.74) is 2.76. The van der Waals surface area contributed by atoms with E-state index in [2.05, 4.69) is 44.3 Å². The number of ketones is 1. The van der Waals surface area contributed by atoms with E-state index in [1.165, 1.54) is 11.1 Å². The van der Waals surface area contributed by atoms with Crippen molar-refractivity contribution in [2.45, 2.75) is 6.42 Å². The van der Waals surface area contributed by atoms with Crippen LogP contribution in [0.25, 0.3) is 0 Å². The van der Waals surface area contributed by atoms with Crippen LogP contribution < -0.4 is 15.0 Å². The maximum atomic E-state index is 13.1. The van der Waals surface area contributed by atoms with E-state index in [9.17, 15) is 9.59 Å². The van der Waals surface area contributed by atoms with Crippen LogP contribution in [0.1, 0.15) is 21.7 Å². The highest BCUT2D eigenvalue weighted by Gasteiger charge is 2.27. The van der Waals surface area contributed by atoms with Gasteiger partial charge >= 0.3 is 0 Å². The number of carbonyl (C=O) groups is 2. The molecule has 0 unspecified atom stereocenters. The first-order valence-electron chi connectivity index (χ1n) is 13.3. The van der Waals surface area contributed by atoms with Crippen molar-refractivity contribution in [3.8, 4) is 5.75 Å². The number of carbonyl (C=O) groups excluding carboxylic acids is 2. The first-order chi connectivity index (χ1) is 19.4. The second kappa shape index (κ2) is 12.6. The number of hydrogen-bond acceptors (Lipinski definition) is 9. The highest BCUT2D eigenvalue weighted by atomic mass is 35.5. The largest absolute Gasteiger partial charge is 0.496 e. The number of para-hydroxylation sites is 1. The standard InChI is InChI=1S/C29H33ClN6O4/c1-34-9-11-35(12-10-34)21-8-7-20(25(18-21)39-2)17-26-31-19-23(30)28(33-26)32-24-6-4-3-5-22(24)27(37)29(38)36-13-15-40-16-14-36/h3-8,18-19H,9-17H2,1-2H3,(H,31,32,33). The van der Waals surface area contributed by atoms with E-state index in [4.69, 9.17) is 21.1 Å². The molecule has 1 N–H and O–H groups in total. The van der Waals surface area contributed by atoms with E-state index in [0.717, 1.165) is 43.2 Å². The smallest absolute Gasteiger partial charge is 0.295 e. The van der Waals surface area contributed by atoms with E-state index in [1.54, 1.807) is 31.4 Å². The number of piperazine rings is 1. The first kappa shape index (κ1) is 27.8. The molecule has 5 rings (SSSR count). The Labute approximate surface area is 238 Å². The average Bonchev–Trinajstić information content (AvgIpc) is 2.99. The van der Waals surface area contributed by atoms with E-state index in [-0.39, 0.29) is 5.56 Å². The predicted octanol–water partition coefficient (Wildman–Crippen LogP) is 3.27. The molecule has 10 nitrogen and oxygen atoms in total. The molecular formula is C29H33ClN6O4. The third-order valence-electron chi connectivity index (χ3n) is 7.20. The van der Waals surface area contributed by atoms with Crippen molar-refractivity contribution in [1.29, 1.82) is 0 Å². The third-order valence-corrected chi connectivity index (χ3v) is 7.48. The number of halogens is 1. The van der Waals surface area contributed by atoms with Gasteiger partial charge in [0.15, 0.2) is 5.82 Å². The van der Waals surface area contributed by atoms with Crippen LogP contribution in [0.2, 0.25) is 5.02 Å². The Kier molecular flexibility index (Phi) is 8.78. The molecule has 3 heterocycles. The Morgan fingerprint density at radius 2 is 1.80 bits per heavy atom. The molecule has 0 bridgehead atoms. The number of amides is 1. The van der Waals surface area contributed by atoms with Gasteiger partial charge in [-0.3, -0.25) is 9.59 Å². The summed E-state index contributed by atoms with van der Waals surface area (Å²) in [7, 11) is 3.80. The van der Waals surface area contributed by atoms with Crippen LogP contribution in [0.3, 0.4) is 0 Å². The molecule has 2 fully saturated rings. The molecule has 0 atom stereocenters. The number of ether oxygens (including phenoxy) is 2. The molecule has 1 aromatic heterocycles. The summed E-state index contributed by atoms with van der Waals surface area (Å²) in [6.07, 6.45) is 1.95. The van der Waals surface area contributed by atoms with Crippen LogP contribution in [0.15, 0.2) is 48.7 Å². The second-order valence-corrected chi connectivity index (χ2v) is 10.3. The number of nitrogens with one attached hydrogen (secondary N) is 1. The molecule has 2 aromatic carbocycles. The second-order valence-electron chi connectivity index (χ2n) is 9.85. The molecule has 0 saturated carbocycles. The minimum Gasteiger partial charge on any atom is -0.496 e. The molecule has 2 saturated heterocycles. The van der Waals surface area contributed by atoms with Crippen LogP contribution in [0, 0.1) is 0 Å². The fourth-order valence-corrected chi connectivity index (χ4v) is 4.97. The summed E-state index contributed by atoms with van der Waals surface area (Å²) in [6, 6.07) is 13.0. The van der Waals surface area contributed by atoms with E-state index in [1.807, 2.05) is 6.07 Å². The lowest BCUT2D eigenvalue weighted by Gasteiger charge is -2.34. The van der Waals surface area contributed by atoms with Crippen LogP contribution in [-0.2, 0) is 16.0 Å². The van der Waals surface area contributed by atoms with E-state index in [0.29, 0.717) is 55.1 Å². The Morgan fingerprint density at radius 1 is 1.05 bits per heavy atom. The quantitative estimate of drug-likeness (QED) is 0.326. The van der Waals surface area contributed by atoms with Gasteiger partial charge in [-0.1, -0.05) is 29.8 Å². The van der Waals surface area contributed by atoms with Gasteiger partial charge in [-0.15, -0.1) is 0 Å². The molecule has 0 radical (unpaired) electrons. The Balaban J connectivity index is 1.34. The summed E-state index contributed by atoms with van der Waals surface area (Å²) < 4.78 is 11.0. The summed E-state index contributed by atoms with van der Waals surface area (Å²) in [4.78, 5) is 41.2. The maximum absolute atomic E-state index is 13.1. The lowest BCUT2D eigenvalue weighted by molar-refractivity contribution is -0.130. The number of Topliss-reactive ketones (excluding diaryl/α,β-unsaturated/α-hetero) is 1. The maximum Gasteiger partial charge on any atom is 0.295 e. The SMILES string of the molecule is COc1cc(N2CCN(C)CC2)ccc1Cc1ncc(Cl)c(Nc2ccccc2C(=O)C(=O)N2CCOCC2)n1. The number of hydrogen-bond donors (Lipinski definition) is 1. The molecule has 2 aliphatic rings. The predicted molar refractivity (Wildman–Crippen MR) is 154 cm³/mol. The van der Waals surface area contributed by atoms with Crippen LogP contribution in [0.5, 0.6) is 5.75 Å². The number of benzene rings is 2. The highest BCUT2D eigenvalue weighted by Crippen LogP contribution is 2.30. The molecule has 210 valence electrons. The molecule has 0 aliphatic carbocycles. The normalized spacial score (nSPS) is 16.1. The van der Waals surface area contributed by atoms with E-state index >= 15 is 0 Å². The first-order valence-corrected chi connectivity index (χ1v) is 13.7. The molecular weight excluding hydrogens is 532 g/mol. The number of aromatic nitrogens is 2. The van der Waals surface area contributed by atoms with Crippen molar-refractivity contribution in [3.05, 3.63) is 70.6 Å². The van der Waals surface area contributed by atoms with Crippen LogP contribution in [0.4, 0.5) is 17.2 Å². The van der Waals surface area contributed by atoms with Gasteiger partial charge in [-0.25, -0.2) is 9.97 Å². The number of methoxy groups -OCH3 is 1. The number of anilines is 3. The van der Waals surface area contributed by atoms with Crippen molar-refractivity contribution < 1.29 is 19.1 Å². The fraction of sp³-hybridized carbons (Fsp3) is 0.379. The molecule has 0 spiro atoms. The van der Waals surface area contributed by atoms with Gasteiger partial charge in [0.1, 0.15) is 16.6 Å². The van der Waals surface area contributed by atoms with Crippen molar-refractivity contribution in [1.82, 2.24) is 19.8 Å². The lowest BCUT2D eigenvalue weighted by Crippen LogP contribution is -2.44. The zero-order chi connectivity index (χ0) is 28.1. The number of likely N-dealkylation sites (N-methyl/N-ethyl adjacent to an activating group) is 1. The molecule has 3 aromatic rings. The highest BCUT2D eigenvalue weighted by molar-refractivity contribution is 6.44. The number of nitrogens with zero attached hydrogens (tertiary/aromatic N) is 5. The van der Waals surface area contributed by atoms with Gasteiger partial charge in [0, 0.05) is 63.0 Å². The summed E-state index contributed by atoms with van der Waals surface area (Å²) >= 11 is 6.45. The van der Waals surface area contributed by atoms with Crippen molar-refractivity contribution in [2.75, 3.05) is 76.9 Å². The van der Waals surface area contributed by atoms with Crippen molar-refractivity contribution in [3.63, 3.8) is 0 Å². The third kappa shape index (κ3) is 6.35. The molecule has 2 aliphatic heterocycles. The van der Waals surface area contributed by atoms with E-state index < -0.39 is 11.7 Å². The lowest BCUT2D eigenvalue weighted by atomic mass is 10.1. The zero-order valence-electron chi connectivity index (χ0n) is 22.7. The van der Waals surface area contributed by atoms with Crippen LogP contribution >= 0.6 is 11.6 Å². The average molecular weight is 565 g/mol. The topological polar surface area (TPSA) is 100 Å². The Bertz CT molecular complexity index is 1370. The van der Waals surface area contributed by atoms with Gasteiger partial charge in [-0.2, -0.15) is 0 Å². The monoisotopic (exact) mass is 564 g/mol. The fourth-order valence-electron chi connectivity index (χ4n) is 4.83. The summed E-state index contributed by atoms with van der Waals surface area (Å²) in [5.74, 6) is 0.492. The Morgan fingerprint density at radius 3 is 2.55 bits per heavy atom. The van der Waals surface area contributed by atoms with Gasteiger partial charge in [0.25, 0.3) is 11.7 Å². The molecule has 40 heavy (non-hydrogen) atoms. The zero-order valence-corrected chi connectivity index (χ0v) is 23.5. The molecule has 1 amide bonds. The number of rotatable bonds is 8. The van der Waals surface area contributed by atoms with Crippen molar-refractivity contribution >= 4 is 40.5 Å². The summed E-state index contributed by atoms with van der Waals surface area (Å²) in [6.45, 7) is 5.60. The summed E-state index contributed by atoms with van der Waals surface area (Å²) in [5, 5.41) is 3.44. The van der Waals surface area contributed by atoms with Gasteiger partial charge in [0.05, 0.1) is 37.8 Å². The van der Waals surface area contributed by atoms with Gasteiger partial charge in [-0.05, 0) is 25.2 Å². The minimum atomic E-state index is -0.597.